The SMILES string of the molecule is O=C(C1CCCN1)N(CCCO)C1CCC1. The normalized spacial score (nSPS) is 25.4. The van der Waals surface area contributed by atoms with Crippen LogP contribution in [0.25, 0.3) is 0 Å². The number of nitrogens with zero attached hydrogens (tertiary/aromatic N) is 1. The number of hydrogen-bond donors (Lipinski definition) is 2. The summed E-state index contributed by atoms with van der Waals surface area (Å²) >= 11 is 0. The lowest BCUT2D eigenvalue weighted by Crippen LogP contribution is -2.51. The van der Waals surface area contributed by atoms with Gasteiger partial charge in [0.15, 0.2) is 0 Å². The van der Waals surface area contributed by atoms with Gasteiger partial charge in [0.25, 0.3) is 0 Å². The lowest BCUT2D eigenvalue weighted by atomic mass is 9.90. The van der Waals surface area contributed by atoms with Crippen LogP contribution >= 0.6 is 0 Å². The molecule has 4 nitrogen and oxygen atoms in total. The molecule has 92 valence electrons. The highest BCUT2D eigenvalue weighted by molar-refractivity contribution is 5.82. The van der Waals surface area contributed by atoms with Gasteiger partial charge in [-0.3, -0.25) is 4.79 Å². The van der Waals surface area contributed by atoms with E-state index in [9.17, 15) is 4.79 Å². The number of carbonyl (C=O) groups is 1. The number of amides is 1. The zero-order valence-corrected chi connectivity index (χ0v) is 9.82. The fourth-order valence-electron chi connectivity index (χ4n) is 2.51. The molecule has 0 aromatic rings. The molecule has 1 saturated heterocycles. The van der Waals surface area contributed by atoms with E-state index < -0.39 is 0 Å². The molecule has 0 radical (unpaired) electrons. The Morgan fingerprint density at radius 3 is 2.62 bits per heavy atom. The summed E-state index contributed by atoms with van der Waals surface area (Å²) in [5.41, 5.74) is 0. The smallest absolute Gasteiger partial charge is 0.239 e. The summed E-state index contributed by atoms with van der Waals surface area (Å²) in [5.74, 6) is 0.260. The summed E-state index contributed by atoms with van der Waals surface area (Å²) in [4.78, 5) is 14.3. The molecule has 1 heterocycles. The van der Waals surface area contributed by atoms with E-state index in [1.54, 1.807) is 0 Å². The molecule has 0 aromatic heterocycles. The van der Waals surface area contributed by atoms with Gasteiger partial charge in [-0.15, -0.1) is 0 Å². The molecule has 2 fully saturated rings. The van der Waals surface area contributed by atoms with Crippen molar-refractivity contribution in [3.63, 3.8) is 0 Å². The van der Waals surface area contributed by atoms with Crippen molar-refractivity contribution in [2.75, 3.05) is 19.7 Å². The maximum absolute atomic E-state index is 12.3. The van der Waals surface area contributed by atoms with Crippen LogP contribution in [-0.4, -0.2) is 47.7 Å². The fourth-order valence-corrected chi connectivity index (χ4v) is 2.51. The van der Waals surface area contributed by atoms with Crippen molar-refractivity contribution < 1.29 is 9.90 Å². The largest absolute Gasteiger partial charge is 0.396 e. The summed E-state index contributed by atoms with van der Waals surface area (Å²) in [5, 5.41) is 12.1. The molecule has 2 N–H and O–H groups in total. The molecule has 16 heavy (non-hydrogen) atoms. The standard InChI is InChI=1S/C12H22N2O2/c15-9-3-8-14(10-4-1-5-10)12(16)11-6-2-7-13-11/h10-11,13,15H,1-9H2. The predicted octanol–water partition coefficient (Wildman–Crippen LogP) is 0.502. The fraction of sp³-hybridized carbons (Fsp3) is 0.917. The van der Waals surface area contributed by atoms with Gasteiger partial charge >= 0.3 is 0 Å². The van der Waals surface area contributed by atoms with Crippen molar-refractivity contribution in [3.05, 3.63) is 0 Å². The Hall–Kier alpha value is -0.610. The molecule has 0 bridgehead atoms. The Labute approximate surface area is 97.0 Å². The quantitative estimate of drug-likeness (QED) is 0.718. The molecule has 1 amide bonds. The maximum atomic E-state index is 12.3. The summed E-state index contributed by atoms with van der Waals surface area (Å²) in [7, 11) is 0. The molecule has 1 aliphatic heterocycles. The van der Waals surface area contributed by atoms with Crippen LogP contribution in [0.1, 0.15) is 38.5 Å². The predicted molar refractivity (Wildman–Crippen MR) is 62.1 cm³/mol. The zero-order valence-electron chi connectivity index (χ0n) is 9.82. The third-order valence-electron chi connectivity index (χ3n) is 3.71. The van der Waals surface area contributed by atoms with Gasteiger partial charge in [0.2, 0.25) is 5.91 Å². The lowest BCUT2D eigenvalue weighted by Gasteiger charge is -2.39. The number of hydrogen-bond acceptors (Lipinski definition) is 3. The second-order valence-electron chi connectivity index (χ2n) is 4.84. The highest BCUT2D eigenvalue weighted by Gasteiger charge is 2.33. The van der Waals surface area contributed by atoms with Crippen LogP contribution in [0.2, 0.25) is 0 Å². The molecule has 1 atom stereocenters. The first kappa shape index (κ1) is 11.9. The van der Waals surface area contributed by atoms with E-state index in [1.165, 1.54) is 6.42 Å². The Morgan fingerprint density at radius 1 is 1.31 bits per heavy atom. The van der Waals surface area contributed by atoms with Crippen LogP contribution < -0.4 is 5.32 Å². The van der Waals surface area contributed by atoms with Gasteiger partial charge in [0.1, 0.15) is 0 Å². The first-order chi connectivity index (χ1) is 7.83. The second-order valence-corrected chi connectivity index (χ2v) is 4.84. The zero-order chi connectivity index (χ0) is 11.4. The van der Waals surface area contributed by atoms with Crippen molar-refractivity contribution in [2.45, 2.75) is 50.6 Å². The average Bonchev–Trinajstić information content (AvgIpc) is 2.73. The van der Waals surface area contributed by atoms with E-state index in [0.29, 0.717) is 12.5 Å². The molecule has 0 aromatic carbocycles. The highest BCUT2D eigenvalue weighted by atomic mass is 16.3. The Morgan fingerprint density at radius 2 is 2.12 bits per heavy atom. The Bertz CT molecular complexity index is 235. The van der Waals surface area contributed by atoms with Crippen LogP contribution in [0.3, 0.4) is 0 Å². The molecule has 2 rings (SSSR count). The minimum absolute atomic E-state index is 0.0410. The number of carbonyl (C=O) groups excluding carboxylic acids is 1. The molecule has 1 aliphatic carbocycles. The van der Waals surface area contributed by atoms with Crippen LogP contribution in [-0.2, 0) is 4.79 Å². The lowest BCUT2D eigenvalue weighted by molar-refractivity contribution is -0.137. The number of aliphatic hydroxyl groups excluding tert-OH is 1. The molecule has 1 saturated carbocycles. The minimum Gasteiger partial charge on any atom is -0.396 e. The molecular weight excluding hydrogens is 204 g/mol. The highest BCUT2D eigenvalue weighted by Crippen LogP contribution is 2.26. The van der Waals surface area contributed by atoms with Gasteiger partial charge in [0.05, 0.1) is 6.04 Å². The van der Waals surface area contributed by atoms with Crippen molar-refractivity contribution in [1.29, 1.82) is 0 Å². The third kappa shape index (κ3) is 2.55. The Balaban J connectivity index is 1.90. The van der Waals surface area contributed by atoms with E-state index in [1.807, 2.05) is 4.90 Å². The van der Waals surface area contributed by atoms with Crippen LogP contribution in [0.4, 0.5) is 0 Å². The van der Waals surface area contributed by atoms with Gasteiger partial charge in [-0.1, -0.05) is 0 Å². The molecule has 0 spiro atoms. The van der Waals surface area contributed by atoms with Gasteiger partial charge in [0, 0.05) is 19.2 Å². The summed E-state index contributed by atoms with van der Waals surface area (Å²) in [6, 6.07) is 0.487. The van der Waals surface area contributed by atoms with Gasteiger partial charge in [-0.05, 0) is 45.1 Å². The summed E-state index contributed by atoms with van der Waals surface area (Å²) in [6.07, 6.45) is 6.31. The first-order valence-corrected chi connectivity index (χ1v) is 6.47. The van der Waals surface area contributed by atoms with Gasteiger partial charge in [-0.2, -0.15) is 0 Å². The van der Waals surface area contributed by atoms with E-state index in [0.717, 1.165) is 38.8 Å². The third-order valence-corrected chi connectivity index (χ3v) is 3.71. The number of rotatable bonds is 5. The summed E-state index contributed by atoms with van der Waals surface area (Å²) < 4.78 is 0. The van der Waals surface area contributed by atoms with Crippen molar-refractivity contribution >= 4 is 5.91 Å². The van der Waals surface area contributed by atoms with Crippen LogP contribution in [0, 0.1) is 0 Å². The van der Waals surface area contributed by atoms with Crippen molar-refractivity contribution in [1.82, 2.24) is 10.2 Å². The van der Waals surface area contributed by atoms with Crippen molar-refractivity contribution in [2.24, 2.45) is 0 Å². The number of aliphatic hydroxyl groups is 1. The average molecular weight is 226 g/mol. The van der Waals surface area contributed by atoms with Crippen LogP contribution in [0.15, 0.2) is 0 Å². The maximum Gasteiger partial charge on any atom is 0.239 e. The van der Waals surface area contributed by atoms with E-state index in [4.69, 9.17) is 5.11 Å². The number of nitrogens with one attached hydrogen (secondary N) is 1. The summed E-state index contributed by atoms with van der Waals surface area (Å²) in [6.45, 7) is 1.86. The second kappa shape index (κ2) is 5.64. The minimum atomic E-state index is 0.0410. The van der Waals surface area contributed by atoms with E-state index >= 15 is 0 Å². The van der Waals surface area contributed by atoms with E-state index in [2.05, 4.69) is 5.32 Å². The van der Waals surface area contributed by atoms with E-state index in [-0.39, 0.29) is 18.6 Å². The molecule has 4 heteroatoms. The molecular formula is C12H22N2O2. The molecule has 2 aliphatic rings. The monoisotopic (exact) mass is 226 g/mol. The first-order valence-electron chi connectivity index (χ1n) is 6.47. The molecule has 1 unspecified atom stereocenters. The van der Waals surface area contributed by atoms with Crippen molar-refractivity contribution in [3.8, 4) is 0 Å². The topological polar surface area (TPSA) is 52.6 Å². The van der Waals surface area contributed by atoms with Crippen LogP contribution in [0.5, 0.6) is 0 Å². The van der Waals surface area contributed by atoms with Gasteiger partial charge in [-0.25, -0.2) is 0 Å². The van der Waals surface area contributed by atoms with Gasteiger partial charge < -0.3 is 15.3 Å². The Kier molecular flexibility index (Phi) is 4.18.